The fourth-order valence-electron chi connectivity index (χ4n) is 1.63. The second kappa shape index (κ2) is 8.97. The van der Waals surface area contributed by atoms with Gasteiger partial charge in [0.2, 0.25) is 0 Å². The summed E-state index contributed by atoms with van der Waals surface area (Å²) in [6.07, 6.45) is 5.57. The van der Waals surface area contributed by atoms with Gasteiger partial charge >= 0.3 is 0 Å². The van der Waals surface area contributed by atoms with Crippen molar-refractivity contribution < 1.29 is 4.74 Å². The van der Waals surface area contributed by atoms with E-state index in [0.717, 1.165) is 36.7 Å². The van der Waals surface area contributed by atoms with Crippen LogP contribution >= 0.6 is 11.8 Å². The van der Waals surface area contributed by atoms with Gasteiger partial charge in [0.05, 0.1) is 6.61 Å². The van der Waals surface area contributed by atoms with Gasteiger partial charge in [-0.05, 0) is 37.3 Å². The van der Waals surface area contributed by atoms with E-state index >= 15 is 0 Å². The molecule has 0 saturated heterocycles. The highest BCUT2D eigenvalue weighted by molar-refractivity contribution is 7.98. The molecular formula is C14H24N2OS. The lowest BCUT2D eigenvalue weighted by molar-refractivity contribution is 0.318. The van der Waals surface area contributed by atoms with Gasteiger partial charge in [-0.3, -0.25) is 0 Å². The molecule has 3 nitrogen and oxygen atoms in total. The first-order valence-electron chi connectivity index (χ1n) is 6.52. The molecule has 0 fully saturated rings. The zero-order chi connectivity index (χ0) is 13.2. The maximum Gasteiger partial charge on any atom is 0.123 e. The summed E-state index contributed by atoms with van der Waals surface area (Å²) in [5.41, 5.74) is 7.65. The average Bonchev–Trinajstić information content (AvgIpc) is 2.35. The van der Waals surface area contributed by atoms with Gasteiger partial charge in [0, 0.05) is 30.1 Å². The summed E-state index contributed by atoms with van der Waals surface area (Å²) >= 11 is 1.89. The van der Waals surface area contributed by atoms with Crippen molar-refractivity contribution in [3.05, 3.63) is 18.2 Å². The summed E-state index contributed by atoms with van der Waals surface area (Å²) in [7, 11) is 0. The van der Waals surface area contributed by atoms with Crippen molar-refractivity contribution >= 4 is 23.1 Å². The number of ether oxygens (including phenoxy) is 1. The molecule has 1 aromatic rings. The molecule has 0 aromatic heterocycles. The third kappa shape index (κ3) is 6.05. The molecule has 0 spiro atoms. The molecule has 18 heavy (non-hydrogen) atoms. The Kier molecular flexibility index (Phi) is 7.49. The minimum atomic E-state index is 0.733. The zero-order valence-electron chi connectivity index (χ0n) is 11.4. The lowest BCUT2D eigenvalue weighted by Crippen LogP contribution is -2.03. The van der Waals surface area contributed by atoms with Gasteiger partial charge in [0.15, 0.2) is 0 Å². The Morgan fingerprint density at radius 1 is 1.28 bits per heavy atom. The molecule has 0 heterocycles. The number of nitrogen functional groups attached to an aromatic ring is 1. The van der Waals surface area contributed by atoms with Crippen LogP contribution in [0, 0.1) is 0 Å². The highest BCUT2D eigenvalue weighted by Crippen LogP contribution is 2.22. The summed E-state index contributed by atoms with van der Waals surface area (Å²) < 4.78 is 5.60. The highest BCUT2D eigenvalue weighted by atomic mass is 32.2. The van der Waals surface area contributed by atoms with Gasteiger partial charge in [-0.15, -0.1) is 0 Å². The molecule has 4 heteroatoms. The minimum absolute atomic E-state index is 0.733. The van der Waals surface area contributed by atoms with Crippen molar-refractivity contribution in [2.24, 2.45) is 0 Å². The lowest BCUT2D eigenvalue weighted by atomic mass is 10.2. The largest absolute Gasteiger partial charge is 0.493 e. The van der Waals surface area contributed by atoms with Crippen LogP contribution in [0.3, 0.4) is 0 Å². The Hall–Kier alpha value is -1.03. The van der Waals surface area contributed by atoms with E-state index in [2.05, 4.69) is 18.5 Å². The van der Waals surface area contributed by atoms with E-state index in [4.69, 9.17) is 10.5 Å². The van der Waals surface area contributed by atoms with Crippen LogP contribution in [-0.2, 0) is 0 Å². The molecule has 0 radical (unpaired) electrons. The van der Waals surface area contributed by atoms with Gasteiger partial charge < -0.3 is 15.8 Å². The smallest absolute Gasteiger partial charge is 0.123 e. The van der Waals surface area contributed by atoms with Crippen LogP contribution in [0.2, 0.25) is 0 Å². The first-order valence-corrected chi connectivity index (χ1v) is 7.91. The third-order valence-electron chi connectivity index (χ3n) is 2.51. The van der Waals surface area contributed by atoms with Gasteiger partial charge in [-0.25, -0.2) is 0 Å². The molecule has 0 amide bonds. The fraction of sp³-hybridized carbons (Fsp3) is 0.571. The van der Waals surface area contributed by atoms with E-state index in [-0.39, 0.29) is 0 Å². The summed E-state index contributed by atoms with van der Waals surface area (Å²) in [4.78, 5) is 0. The molecule has 0 bridgehead atoms. The number of hydrogen-bond donors (Lipinski definition) is 2. The Balaban J connectivity index is 2.41. The van der Waals surface area contributed by atoms with E-state index in [1.54, 1.807) is 0 Å². The predicted molar refractivity (Wildman–Crippen MR) is 82.7 cm³/mol. The van der Waals surface area contributed by atoms with Crippen molar-refractivity contribution in [1.82, 2.24) is 0 Å². The van der Waals surface area contributed by atoms with Gasteiger partial charge in [-0.2, -0.15) is 11.8 Å². The number of unbranched alkanes of at least 4 members (excludes halogenated alkanes) is 1. The van der Waals surface area contributed by atoms with E-state index in [9.17, 15) is 0 Å². The van der Waals surface area contributed by atoms with Crippen LogP contribution in [0.4, 0.5) is 11.4 Å². The molecule has 1 aromatic carbocycles. The molecule has 1 rings (SSSR count). The van der Waals surface area contributed by atoms with Crippen LogP contribution in [0.1, 0.15) is 26.2 Å². The molecule has 0 saturated carbocycles. The Morgan fingerprint density at radius 2 is 2.11 bits per heavy atom. The maximum atomic E-state index is 5.86. The van der Waals surface area contributed by atoms with Crippen molar-refractivity contribution in [2.45, 2.75) is 26.2 Å². The highest BCUT2D eigenvalue weighted by Gasteiger charge is 1.99. The van der Waals surface area contributed by atoms with Crippen LogP contribution in [0.5, 0.6) is 5.75 Å². The monoisotopic (exact) mass is 268 g/mol. The summed E-state index contributed by atoms with van der Waals surface area (Å²) in [6, 6.07) is 5.84. The fourth-order valence-corrected chi connectivity index (χ4v) is 2.12. The van der Waals surface area contributed by atoms with E-state index < -0.39 is 0 Å². The molecule has 0 aliphatic rings. The molecule has 3 N–H and O–H groups in total. The number of benzene rings is 1. The SMILES string of the molecule is CCCOc1cc(N)cc(NCCCCSC)c1. The number of nitrogens with one attached hydrogen (secondary N) is 1. The number of nitrogens with two attached hydrogens (primary N) is 1. The number of anilines is 2. The number of hydrogen-bond acceptors (Lipinski definition) is 4. The minimum Gasteiger partial charge on any atom is -0.493 e. The second-order valence-electron chi connectivity index (χ2n) is 4.27. The summed E-state index contributed by atoms with van der Waals surface area (Å²) in [5.74, 6) is 2.08. The molecular weight excluding hydrogens is 244 g/mol. The molecule has 0 atom stereocenters. The van der Waals surface area contributed by atoms with Gasteiger partial charge in [0.1, 0.15) is 5.75 Å². The second-order valence-corrected chi connectivity index (χ2v) is 5.25. The normalized spacial score (nSPS) is 10.3. The molecule has 102 valence electrons. The Labute approximate surface area is 114 Å². The summed E-state index contributed by atoms with van der Waals surface area (Å²) in [6.45, 7) is 3.81. The quantitative estimate of drug-likeness (QED) is 0.530. The molecule has 0 unspecified atom stereocenters. The van der Waals surface area contributed by atoms with Crippen LogP contribution in [-0.4, -0.2) is 25.2 Å². The van der Waals surface area contributed by atoms with Crippen molar-refractivity contribution in [3.8, 4) is 5.75 Å². The predicted octanol–water partition coefficient (Wildman–Crippen LogP) is 3.61. The first-order chi connectivity index (χ1) is 8.76. The average molecular weight is 268 g/mol. The zero-order valence-corrected chi connectivity index (χ0v) is 12.2. The molecule has 0 aliphatic carbocycles. The topological polar surface area (TPSA) is 47.3 Å². The lowest BCUT2D eigenvalue weighted by Gasteiger charge is -2.10. The van der Waals surface area contributed by atoms with Crippen molar-refractivity contribution in [3.63, 3.8) is 0 Å². The molecule has 0 aliphatic heterocycles. The number of thioether (sulfide) groups is 1. The maximum absolute atomic E-state index is 5.86. The number of rotatable bonds is 9. The van der Waals surface area contributed by atoms with Crippen LogP contribution in [0.15, 0.2) is 18.2 Å². The third-order valence-corrected chi connectivity index (χ3v) is 3.20. The van der Waals surface area contributed by atoms with Gasteiger partial charge in [-0.1, -0.05) is 6.92 Å². The Morgan fingerprint density at radius 3 is 2.83 bits per heavy atom. The van der Waals surface area contributed by atoms with Gasteiger partial charge in [0.25, 0.3) is 0 Å². The van der Waals surface area contributed by atoms with E-state index in [0.29, 0.717) is 0 Å². The summed E-state index contributed by atoms with van der Waals surface area (Å²) in [5, 5.41) is 3.39. The first kappa shape index (κ1) is 15.0. The van der Waals surface area contributed by atoms with E-state index in [1.807, 2.05) is 30.0 Å². The van der Waals surface area contributed by atoms with Crippen LogP contribution < -0.4 is 15.8 Å². The Bertz CT molecular complexity index is 345. The van der Waals surface area contributed by atoms with Crippen molar-refractivity contribution in [1.29, 1.82) is 0 Å². The van der Waals surface area contributed by atoms with Crippen molar-refractivity contribution in [2.75, 3.05) is 36.2 Å². The van der Waals surface area contributed by atoms with E-state index in [1.165, 1.54) is 18.6 Å². The standard InChI is InChI=1S/C14H24N2OS/c1-3-7-17-14-10-12(15)9-13(11-14)16-6-4-5-8-18-2/h9-11,16H,3-8,15H2,1-2H3. The van der Waals surface area contributed by atoms with Crippen LogP contribution in [0.25, 0.3) is 0 Å².